The van der Waals surface area contributed by atoms with Crippen LogP contribution in [0.5, 0.6) is 0 Å². The van der Waals surface area contributed by atoms with Gasteiger partial charge in [0.25, 0.3) is 0 Å². The van der Waals surface area contributed by atoms with Crippen molar-refractivity contribution < 1.29 is 63.1 Å². The highest BCUT2D eigenvalue weighted by Gasteiger charge is 2.27. The van der Waals surface area contributed by atoms with Crippen LogP contribution in [0.2, 0.25) is 0 Å². The van der Waals surface area contributed by atoms with Gasteiger partial charge in [0.1, 0.15) is 12.7 Å². The molecule has 0 aromatic carbocycles. The number of carbonyl (C=O) groups excluding carboxylic acids is 2. The Morgan fingerprint density at radius 3 is 1.55 bits per heavy atom. The van der Waals surface area contributed by atoms with Gasteiger partial charge in [-0.2, -0.15) is 0 Å². The summed E-state index contributed by atoms with van der Waals surface area (Å²) in [7, 11) is -4.66. The van der Waals surface area contributed by atoms with E-state index in [1.165, 1.54) is 82.8 Å². The number of ether oxygens (including phenoxy) is 2. The van der Waals surface area contributed by atoms with E-state index in [2.05, 4.69) is 18.4 Å². The summed E-state index contributed by atoms with van der Waals surface area (Å²) in [6, 6.07) is 0. The molecule has 332 valence electrons. The number of rotatable bonds is 41. The monoisotopic (exact) mass is 825 g/mol. The molecule has 0 amide bonds. The topological polar surface area (TPSA) is 210 Å². The lowest BCUT2D eigenvalue weighted by atomic mass is 10.0. The summed E-state index contributed by atoms with van der Waals surface area (Å²) >= 11 is 0. The van der Waals surface area contributed by atoms with Crippen LogP contribution in [0, 0.1) is 0 Å². The molecule has 0 heterocycles. The van der Waals surface area contributed by atoms with Gasteiger partial charge in [-0.3, -0.25) is 18.6 Å². The minimum absolute atomic E-state index is 0.0728. The molecule has 6 atom stereocenters. The second-order valence-corrected chi connectivity index (χ2v) is 16.7. The van der Waals surface area contributed by atoms with Crippen LogP contribution in [-0.2, 0) is 32.7 Å². The van der Waals surface area contributed by atoms with E-state index in [1.54, 1.807) is 0 Å². The van der Waals surface area contributed by atoms with Crippen LogP contribution in [0.4, 0.5) is 0 Å². The highest BCUT2D eigenvalue weighted by Crippen LogP contribution is 2.43. The van der Waals surface area contributed by atoms with E-state index in [0.29, 0.717) is 25.7 Å². The van der Waals surface area contributed by atoms with Gasteiger partial charge >= 0.3 is 19.8 Å². The number of aliphatic hydroxyl groups is 5. The first-order chi connectivity index (χ1) is 26.9. The smallest absolute Gasteiger partial charge is 0.462 e. The van der Waals surface area contributed by atoms with Crippen molar-refractivity contribution in [1.29, 1.82) is 0 Å². The Morgan fingerprint density at radius 2 is 1.02 bits per heavy atom. The Kier molecular flexibility index (Phi) is 36.9. The molecule has 0 aliphatic carbocycles. The Balaban J connectivity index is 4.43. The number of esters is 2. The predicted octanol–water partition coefficient (Wildman–Crippen LogP) is 8.14. The van der Waals surface area contributed by atoms with Gasteiger partial charge in [0.15, 0.2) is 6.10 Å². The maximum absolute atomic E-state index is 12.6. The van der Waals surface area contributed by atoms with Crippen molar-refractivity contribution in [3.8, 4) is 0 Å². The van der Waals surface area contributed by atoms with Crippen molar-refractivity contribution >= 4 is 19.8 Å². The first-order valence-electron chi connectivity index (χ1n) is 21.9. The van der Waals surface area contributed by atoms with E-state index in [1.807, 2.05) is 0 Å². The first-order valence-corrected chi connectivity index (χ1v) is 23.4. The molecule has 6 unspecified atom stereocenters. The van der Waals surface area contributed by atoms with Crippen molar-refractivity contribution in [2.24, 2.45) is 0 Å². The molecule has 6 N–H and O–H groups in total. The highest BCUT2D eigenvalue weighted by molar-refractivity contribution is 7.47. The van der Waals surface area contributed by atoms with Crippen LogP contribution in [0.15, 0.2) is 12.2 Å². The number of carbonyl (C=O) groups is 2. The van der Waals surface area contributed by atoms with Crippen LogP contribution >= 0.6 is 7.82 Å². The molecule has 13 nitrogen and oxygen atoms in total. The fourth-order valence-corrected chi connectivity index (χ4v) is 6.89. The molecule has 0 aromatic heterocycles. The van der Waals surface area contributed by atoms with Gasteiger partial charge in [0, 0.05) is 12.8 Å². The van der Waals surface area contributed by atoms with E-state index < -0.39 is 70.1 Å². The number of hydrogen-bond acceptors (Lipinski definition) is 12. The lowest BCUT2D eigenvalue weighted by Crippen LogP contribution is -2.29. The van der Waals surface area contributed by atoms with Crippen LogP contribution in [0.1, 0.15) is 187 Å². The lowest BCUT2D eigenvalue weighted by molar-refractivity contribution is -0.161. The Labute approximate surface area is 338 Å². The summed E-state index contributed by atoms with van der Waals surface area (Å²) in [5, 5.41) is 48.6. The maximum Gasteiger partial charge on any atom is 0.472 e. The number of phosphoric ester groups is 1. The normalized spacial score (nSPS) is 15.6. The van der Waals surface area contributed by atoms with Gasteiger partial charge in [0.2, 0.25) is 0 Å². The van der Waals surface area contributed by atoms with E-state index in [4.69, 9.17) is 19.1 Å². The van der Waals surface area contributed by atoms with Crippen molar-refractivity contribution in [1.82, 2.24) is 0 Å². The van der Waals surface area contributed by atoms with Crippen molar-refractivity contribution in [3.63, 3.8) is 0 Å². The quantitative estimate of drug-likeness (QED) is 0.0149. The first kappa shape index (κ1) is 54.6. The third-order valence-corrected chi connectivity index (χ3v) is 10.6. The third kappa shape index (κ3) is 35.7. The molecule has 0 bridgehead atoms. The van der Waals surface area contributed by atoms with Crippen LogP contribution in [0.3, 0.4) is 0 Å². The van der Waals surface area contributed by atoms with Gasteiger partial charge in [0.05, 0.1) is 38.1 Å². The van der Waals surface area contributed by atoms with Gasteiger partial charge < -0.3 is 39.9 Å². The van der Waals surface area contributed by atoms with Crippen LogP contribution in [-0.4, -0.2) is 99.3 Å². The summed E-state index contributed by atoms with van der Waals surface area (Å²) in [6.07, 6.45) is 23.9. The number of phosphoric acid groups is 1. The molecule has 0 aromatic rings. The molecular formula is C42H81O13P. The van der Waals surface area contributed by atoms with Crippen LogP contribution < -0.4 is 0 Å². The van der Waals surface area contributed by atoms with E-state index >= 15 is 0 Å². The third-order valence-electron chi connectivity index (χ3n) is 9.69. The summed E-state index contributed by atoms with van der Waals surface area (Å²) in [5.74, 6) is -1.05. The molecular weight excluding hydrogens is 743 g/mol. The Hall–Kier alpha value is -1.41. The summed E-state index contributed by atoms with van der Waals surface area (Å²) < 4.78 is 32.6. The standard InChI is InChI=1S/C42H81O13P/c1-3-5-7-8-9-10-11-12-13-14-15-16-17-20-24-28-41(48)52-34-38(35-54-56(50,51)53-33-37(45)32-43)55-42(49)29-25-21-18-19-23-26-36(44)30-31-40(47)39(46)27-22-6-4-2/h30-31,36-40,43-47H,3-29,32-35H2,1-2H3,(H,50,51)/b31-30+. The fraction of sp³-hybridized carbons (Fsp3) is 0.905. The molecule has 0 aliphatic rings. The zero-order valence-corrected chi connectivity index (χ0v) is 35.8. The molecule has 0 aliphatic heterocycles. The summed E-state index contributed by atoms with van der Waals surface area (Å²) in [4.78, 5) is 35.0. The summed E-state index contributed by atoms with van der Waals surface area (Å²) in [6.45, 7) is 2.03. The number of aliphatic hydroxyl groups excluding tert-OH is 5. The predicted molar refractivity (Wildman–Crippen MR) is 219 cm³/mol. The van der Waals surface area contributed by atoms with Crippen molar-refractivity contribution in [2.45, 2.75) is 218 Å². The minimum atomic E-state index is -4.66. The summed E-state index contributed by atoms with van der Waals surface area (Å²) in [5.41, 5.74) is 0. The molecule has 0 saturated carbocycles. The van der Waals surface area contributed by atoms with Crippen molar-refractivity contribution in [2.75, 3.05) is 26.4 Å². The Morgan fingerprint density at radius 1 is 0.571 bits per heavy atom. The second-order valence-electron chi connectivity index (χ2n) is 15.2. The van der Waals surface area contributed by atoms with Gasteiger partial charge in [-0.05, 0) is 25.7 Å². The van der Waals surface area contributed by atoms with Gasteiger partial charge in [-0.25, -0.2) is 4.57 Å². The lowest BCUT2D eigenvalue weighted by Gasteiger charge is -2.20. The molecule has 14 heteroatoms. The zero-order chi connectivity index (χ0) is 41.7. The second kappa shape index (κ2) is 37.8. The fourth-order valence-electron chi connectivity index (χ4n) is 6.10. The number of hydrogen-bond donors (Lipinski definition) is 6. The van der Waals surface area contributed by atoms with E-state index in [0.717, 1.165) is 64.2 Å². The van der Waals surface area contributed by atoms with Gasteiger partial charge in [-0.15, -0.1) is 0 Å². The molecule has 0 spiro atoms. The maximum atomic E-state index is 12.6. The van der Waals surface area contributed by atoms with E-state index in [-0.39, 0.29) is 19.4 Å². The van der Waals surface area contributed by atoms with Gasteiger partial charge in [-0.1, -0.05) is 161 Å². The molecule has 0 saturated heterocycles. The average Bonchev–Trinajstić information content (AvgIpc) is 3.18. The van der Waals surface area contributed by atoms with Crippen LogP contribution in [0.25, 0.3) is 0 Å². The zero-order valence-electron chi connectivity index (χ0n) is 34.9. The molecule has 0 rings (SSSR count). The highest BCUT2D eigenvalue weighted by atomic mass is 31.2. The van der Waals surface area contributed by atoms with Crippen molar-refractivity contribution in [3.05, 3.63) is 12.2 Å². The minimum Gasteiger partial charge on any atom is -0.462 e. The Bertz CT molecular complexity index is 998. The molecule has 0 fully saturated rings. The largest absolute Gasteiger partial charge is 0.472 e. The molecule has 0 radical (unpaired) electrons. The number of unbranched alkanes of at least 4 members (excludes halogenated alkanes) is 20. The average molecular weight is 825 g/mol. The SMILES string of the molecule is CCCCCCCCCCCCCCCCCC(=O)OCC(COP(=O)(O)OCC(O)CO)OC(=O)CCCCCCCC(O)/C=C/C(O)C(O)CCCCC. The van der Waals surface area contributed by atoms with E-state index in [9.17, 15) is 39.5 Å². The molecule has 56 heavy (non-hydrogen) atoms.